The first-order valence-corrected chi connectivity index (χ1v) is 6.40. The molecule has 1 aromatic rings. The minimum absolute atomic E-state index is 0.00771. The Morgan fingerprint density at radius 3 is 3.06 bits per heavy atom. The van der Waals surface area contributed by atoms with Crippen LogP contribution in [-0.4, -0.2) is 29.2 Å². The lowest BCUT2D eigenvalue weighted by Gasteiger charge is -2.16. The maximum Gasteiger partial charge on any atom is 0.234 e. The Balaban J connectivity index is 2.18. The summed E-state index contributed by atoms with van der Waals surface area (Å²) in [5, 5.41) is 11.4. The van der Waals surface area contributed by atoms with Gasteiger partial charge in [-0.3, -0.25) is 9.59 Å². The molecule has 2 rings (SSSR count). The molecule has 17 heavy (non-hydrogen) atoms. The van der Waals surface area contributed by atoms with Gasteiger partial charge in [0.05, 0.1) is 11.4 Å². The third kappa shape index (κ3) is 2.87. The lowest BCUT2D eigenvalue weighted by molar-refractivity contribution is -0.113. The monoisotopic (exact) mass is 251 g/mol. The van der Waals surface area contributed by atoms with Gasteiger partial charge in [-0.1, -0.05) is 6.07 Å². The molecule has 1 heterocycles. The minimum Gasteiger partial charge on any atom is -0.396 e. The van der Waals surface area contributed by atoms with E-state index >= 15 is 0 Å². The topological polar surface area (TPSA) is 66.4 Å². The Morgan fingerprint density at radius 1 is 1.47 bits per heavy atom. The van der Waals surface area contributed by atoms with Crippen LogP contribution in [0.3, 0.4) is 0 Å². The number of aliphatic hydroxyl groups is 1. The number of rotatable bonds is 4. The van der Waals surface area contributed by atoms with Gasteiger partial charge >= 0.3 is 0 Å². The van der Waals surface area contributed by atoms with Crippen LogP contribution in [0.2, 0.25) is 0 Å². The molecule has 0 aromatic heterocycles. The van der Waals surface area contributed by atoms with E-state index in [1.54, 1.807) is 12.1 Å². The van der Waals surface area contributed by atoms with Crippen LogP contribution >= 0.6 is 11.8 Å². The van der Waals surface area contributed by atoms with Gasteiger partial charge in [-0.2, -0.15) is 0 Å². The van der Waals surface area contributed by atoms with Crippen molar-refractivity contribution < 1.29 is 14.7 Å². The molecule has 0 radical (unpaired) electrons. The van der Waals surface area contributed by atoms with Gasteiger partial charge in [0, 0.05) is 23.5 Å². The number of hydrogen-bond donors (Lipinski definition) is 2. The number of fused-ring (bicyclic) bond motifs is 1. The summed E-state index contributed by atoms with van der Waals surface area (Å²) in [6, 6.07) is 5.33. The number of thioether (sulfide) groups is 1. The number of anilines is 1. The molecule has 2 N–H and O–H groups in total. The molecule has 1 aliphatic heterocycles. The molecule has 0 saturated heterocycles. The molecular weight excluding hydrogens is 238 g/mol. The van der Waals surface area contributed by atoms with E-state index in [-0.39, 0.29) is 18.3 Å². The van der Waals surface area contributed by atoms with Gasteiger partial charge in [0.2, 0.25) is 5.91 Å². The smallest absolute Gasteiger partial charge is 0.234 e. The van der Waals surface area contributed by atoms with Crippen molar-refractivity contribution in [2.75, 3.05) is 17.7 Å². The molecule has 0 spiro atoms. The summed E-state index contributed by atoms with van der Waals surface area (Å²) in [7, 11) is 0. The molecule has 0 aliphatic carbocycles. The number of ketones is 1. The van der Waals surface area contributed by atoms with Crippen molar-refractivity contribution in [2.24, 2.45) is 0 Å². The minimum atomic E-state index is -0.0394. The highest BCUT2D eigenvalue weighted by Gasteiger charge is 2.16. The predicted octanol–water partition coefficient (Wildman–Crippen LogP) is 1.69. The van der Waals surface area contributed by atoms with Crippen molar-refractivity contribution in [1.82, 2.24) is 0 Å². The Morgan fingerprint density at radius 2 is 2.29 bits per heavy atom. The molecule has 4 nitrogen and oxygen atoms in total. The number of aliphatic hydroxyl groups excluding tert-OH is 1. The van der Waals surface area contributed by atoms with Crippen LogP contribution in [0.5, 0.6) is 0 Å². The third-order valence-corrected chi connectivity index (χ3v) is 3.57. The number of carbonyl (C=O) groups is 2. The average Bonchev–Trinajstić information content (AvgIpc) is 2.35. The van der Waals surface area contributed by atoms with E-state index in [9.17, 15) is 9.59 Å². The number of Topliss-reactive ketones (excluding diaryl/α,β-unsaturated/α-hetero) is 1. The van der Waals surface area contributed by atoms with Gasteiger partial charge < -0.3 is 10.4 Å². The molecule has 0 saturated carbocycles. The highest BCUT2D eigenvalue weighted by molar-refractivity contribution is 8.00. The highest BCUT2D eigenvalue weighted by atomic mass is 32.2. The van der Waals surface area contributed by atoms with Gasteiger partial charge in [0.1, 0.15) is 0 Å². The van der Waals surface area contributed by atoms with Crippen LogP contribution in [-0.2, 0) is 4.79 Å². The van der Waals surface area contributed by atoms with Crippen LogP contribution in [0.15, 0.2) is 23.1 Å². The lowest BCUT2D eigenvalue weighted by atomic mass is 10.1. The summed E-state index contributed by atoms with van der Waals surface area (Å²) < 4.78 is 0. The predicted molar refractivity (Wildman–Crippen MR) is 66.4 cm³/mol. The van der Waals surface area contributed by atoms with Crippen LogP contribution in [0, 0.1) is 0 Å². The number of benzene rings is 1. The molecule has 1 aromatic carbocycles. The molecule has 5 heteroatoms. The van der Waals surface area contributed by atoms with Gasteiger partial charge in [-0.15, -0.1) is 11.8 Å². The number of hydrogen-bond acceptors (Lipinski definition) is 4. The second-order valence-corrected chi connectivity index (χ2v) is 4.82. The molecular formula is C12H13NO3S. The van der Waals surface area contributed by atoms with E-state index < -0.39 is 0 Å². The van der Waals surface area contributed by atoms with Gasteiger partial charge in [-0.05, 0) is 18.6 Å². The highest BCUT2D eigenvalue weighted by Crippen LogP contribution is 2.32. The van der Waals surface area contributed by atoms with Gasteiger partial charge in [0.25, 0.3) is 0 Å². The van der Waals surface area contributed by atoms with E-state index in [4.69, 9.17) is 5.11 Å². The maximum atomic E-state index is 11.7. The van der Waals surface area contributed by atoms with Crippen LogP contribution in [0.25, 0.3) is 0 Å². The van der Waals surface area contributed by atoms with Gasteiger partial charge in [-0.25, -0.2) is 0 Å². The summed E-state index contributed by atoms with van der Waals surface area (Å²) in [4.78, 5) is 24.0. The Labute approximate surface area is 103 Å². The Kier molecular flexibility index (Phi) is 3.81. The second kappa shape index (κ2) is 5.33. The van der Waals surface area contributed by atoms with Crippen LogP contribution in [0.1, 0.15) is 23.2 Å². The summed E-state index contributed by atoms with van der Waals surface area (Å²) in [6.07, 6.45) is 0.799. The fourth-order valence-corrected chi connectivity index (χ4v) is 2.43. The van der Waals surface area contributed by atoms with Crippen LogP contribution < -0.4 is 5.32 Å². The SMILES string of the molecule is O=C1CSc2ccc(C(=O)CCCO)cc2N1. The first-order chi connectivity index (χ1) is 8.20. The first-order valence-electron chi connectivity index (χ1n) is 5.41. The van der Waals surface area contributed by atoms with E-state index in [1.165, 1.54) is 11.8 Å². The second-order valence-electron chi connectivity index (χ2n) is 3.80. The largest absolute Gasteiger partial charge is 0.396 e. The standard InChI is InChI=1S/C12H13NO3S/c14-5-1-2-10(15)8-3-4-11-9(6-8)13-12(16)7-17-11/h3-4,6,14H,1-2,5,7H2,(H,13,16). The van der Waals surface area contributed by atoms with Crippen molar-refractivity contribution in [2.45, 2.75) is 17.7 Å². The molecule has 0 unspecified atom stereocenters. The van der Waals surface area contributed by atoms with E-state index in [0.717, 1.165) is 4.90 Å². The Hall–Kier alpha value is -1.33. The maximum absolute atomic E-state index is 11.7. The molecule has 90 valence electrons. The Bertz CT molecular complexity index is 459. The molecule has 0 bridgehead atoms. The fraction of sp³-hybridized carbons (Fsp3) is 0.333. The van der Waals surface area contributed by atoms with Crippen molar-refractivity contribution in [3.05, 3.63) is 23.8 Å². The average molecular weight is 251 g/mol. The lowest BCUT2D eigenvalue weighted by Crippen LogP contribution is -2.19. The molecule has 1 aliphatic rings. The fourth-order valence-electron chi connectivity index (χ4n) is 1.64. The zero-order valence-electron chi connectivity index (χ0n) is 9.23. The number of carbonyl (C=O) groups excluding carboxylic acids is 2. The number of nitrogens with one attached hydrogen (secondary N) is 1. The third-order valence-electron chi connectivity index (χ3n) is 2.50. The quantitative estimate of drug-likeness (QED) is 0.799. The molecule has 0 atom stereocenters. The molecule has 0 fully saturated rings. The zero-order chi connectivity index (χ0) is 12.3. The summed E-state index contributed by atoms with van der Waals surface area (Å²) in [5.41, 5.74) is 1.29. The van der Waals surface area contributed by atoms with Gasteiger partial charge in [0.15, 0.2) is 5.78 Å². The van der Waals surface area contributed by atoms with E-state index in [2.05, 4.69) is 5.32 Å². The van der Waals surface area contributed by atoms with Crippen LogP contribution in [0.4, 0.5) is 5.69 Å². The summed E-state index contributed by atoms with van der Waals surface area (Å²) in [5.74, 6) is 0.374. The normalized spacial score (nSPS) is 14.1. The van der Waals surface area contributed by atoms with Crippen molar-refractivity contribution >= 4 is 29.1 Å². The van der Waals surface area contributed by atoms with E-state index in [0.29, 0.717) is 29.8 Å². The molecule has 1 amide bonds. The van der Waals surface area contributed by atoms with Crippen molar-refractivity contribution in [1.29, 1.82) is 0 Å². The van der Waals surface area contributed by atoms with Crippen molar-refractivity contribution in [3.8, 4) is 0 Å². The zero-order valence-corrected chi connectivity index (χ0v) is 10.0. The first kappa shape index (κ1) is 12.1. The van der Waals surface area contributed by atoms with Crippen molar-refractivity contribution in [3.63, 3.8) is 0 Å². The summed E-state index contributed by atoms with van der Waals surface area (Å²) in [6.45, 7) is 0.0171. The van der Waals surface area contributed by atoms with E-state index in [1.807, 2.05) is 6.07 Å². The summed E-state index contributed by atoms with van der Waals surface area (Å²) >= 11 is 1.47. The number of amides is 1.